The standard InChI is InChI=1S/C66H127N2O7P/c1-7-10-13-16-19-22-25-28-30-32-34-36-38-40-43-46-49-52-55-58-65(69)67-63(62-74-76(71,72)73-61-60-68(4,5)6)64(57-54-51-48-45-42-27-24-21-18-15-12-9-3)75-66(70)59-56-53-50-47-44-41-39-37-35-33-31-29-26-23-20-17-14-11-8-2/h20,23,29,31,54,57,63-64H,7-19,21-22,24-28,30,32-53,55-56,58-62H2,1-6H3,(H-,67,69,71,72)/b23-20-,31-29-,57-54+. The number of carbonyl (C=O) groups is 2. The zero-order valence-electron chi connectivity index (χ0n) is 51.2. The molecule has 0 aliphatic carbocycles. The van der Waals surface area contributed by atoms with E-state index >= 15 is 0 Å². The number of hydrogen-bond donors (Lipinski definition) is 1. The first kappa shape index (κ1) is 74.2. The fourth-order valence-electron chi connectivity index (χ4n) is 9.73. The number of unbranched alkanes of at least 4 members (excludes halogenated alkanes) is 40. The number of allylic oxidation sites excluding steroid dienone is 5. The van der Waals surface area contributed by atoms with Crippen molar-refractivity contribution in [2.45, 2.75) is 335 Å². The lowest BCUT2D eigenvalue weighted by atomic mass is 10.0. The summed E-state index contributed by atoms with van der Waals surface area (Å²) < 4.78 is 30.4. The first-order valence-electron chi connectivity index (χ1n) is 32.8. The Hall–Kier alpha value is -1.77. The third-order valence-electron chi connectivity index (χ3n) is 14.8. The molecule has 0 bridgehead atoms. The van der Waals surface area contributed by atoms with Crippen molar-refractivity contribution in [2.24, 2.45) is 0 Å². The molecule has 0 aromatic rings. The van der Waals surface area contributed by atoms with Crippen LogP contribution in [0.2, 0.25) is 0 Å². The molecule has 10 heteroatoms. The quantitative estimate of drug-likeness (QED) is 0.0212. The van der Waals surface area contributed by atoms with Gasteiger partial charge in [-0.25, -0.2) is 0 Å². The van der Waals surface area contributed by atoms with Gasteiger partial charge in [0, 0.05) is 12.8 Å². The van der Waals surface area contributed by atoms with Gasteiger partial charge in [-0.2, -0.15) is 0 Å². The summed E-state index contributed by atoms with van der Waals surface area (Å²) in [6.07, 6.45) is 68.2. The molecule has 0 aromatic heterocycles. The van der Waals surface area contributed by atoms with E-state index in [0.717, 1.165) is 64.2 Å². The molecule has 0 saturated carbocycles. The third-order valence-corrected chi connectivity index (χ3v) is 15.8. The highest BCUT2D eigenvalue weighted by atomic mass is 31.2. The van der Waals surface area contributed by atoms with Gasteiger partial charge in [0.25, 0.3) is 7.82 Å². The molecular weight excluding hydrogens is 964 g/mol. The van der Waals surface area contributed by atoms with Gasteiger partial charge in [0.2, 0.25) is 5.91 Å². The number of hydrogen-bond acceptors (Lipinski definition) is 7. The van der Waals surface area contributed by atoms with E-state index < -0.39 is 20.0 Å². The summed E-state index contributed by atoms with van der Waals surface area (Å²) in [6.45, 7) is 6.86. The maximum absolute atomic E-state index is 13.6. The molecule has 76 heavy (non-hydrogen) atoms. The summed E-state index contributed by atoms with van der Waals surface area (Å²) in [5, 5.41) is 3.04. The number of likely N-dealkylation sites (N-methyl/N-ethyl adjacent to an activating group) is 1. The second-order valence-corrected chi connectivity index (χ2v) is 25.0. The van der Waals surface area contributed by atoms with Gasteiger partial charge in [-0.15, -0.1) is 0 Å². The molecule has 0 saturated heterocycles. The maximum Gasteiger partial charge on any atom is 0.306 e. The summed E-state index contributed by atoms with van der Waals surface area (Å²) in [7, 11) is 1.20. The molecule has 0 aromatic carbocycles. The largest absolute Gasteiger partial charge is 0.756 e. The Morgan fingerprint density at radius 2 is 0.803 bits per heavy atom. The first-order valence-corrected chi connectivity index (χ1v) is 34.3. The predicted octanol–water partition coefficient (Wildman–Crippen LogP) is 19.7. The summed E-state index contributed by atoms with van der Waals surface area (Å²) in [5.41, 5.74) is 0. The van der Waals surface area contributed by atoms with Crippen LogP contribution >= 0.6 is 7.82 Å². The lowest BCUT2D eigenvalue weighted by Crippen LogP contribution is -2.47. The normalized spacial score (nSPS) is 13.8. The lowest BCUT2D eigenvalue weighted by Gasteiger charge is -2.30. The lowest BCUT2D eigenvalue weighted by molar-refractivity contribution is -0.870. The minimum atomic E-state index is -4.70. The zero-order chi connectivity index (χ0) is 55.7. The van der Waals surface area contributed by atoms with Crippen molar-refractivity contribution >= 4 is 19.7 Å². The molecule has 1 N–H and O–H groups in total. The van der Waals surface area contributed by atoms with Crippen LogP contribution in [0, 0.1) is 0 Å². The molecule has 0 radical (unpaired) electrons. The van der Waals surface area contributed by atoms with Gasteiger partial charge in [-0.05, 0) is 63.9 Å². The number of rotatable bonds is 60. The highest BCUT2D eigenvalue weighted by Crippen LogP contribution is 2.38. The van der Waals surface area contributed by atoms with Crippen LogP contribution in [-0.2, 0) is 27.9 Å². The molecule has 448 valence electrons. The fourth-order valence-corrected chi connectivity index (χ4v) is 10.5. The Labute approximate surface area is 472 Å². The molecule has 9 nitrogen and oxygen atoms in total. The summed E-state index contributed by atoms with van der Waals surface area (Å²) in [4.78, 5) is 40.0. The SMILES string of the molecule is CCCCC/C=C\C/C=C\CCCCCCCCCCCC(=O)OC(/C=C/CCCCCCCCCCCC)C(COP(=O)([O-])OCC[N+](C)(C)C)NC(=O)CCCCCCCCCCCCCCCCCCCCC. The molecule has 0 fully saturated rings. The number of amides is 1. The number of nitrogens with zero attached hydrogens (tertiary/aromatic N) is 1. The molecular formula is C66H127N2O7P. The van der Waals surface area contributed by atoms with Crippen LogP contribution in [0.4, 0.5) is 0 Å². The predicted molar refractivity (Wildman–Crippen MR) is 326 cm³/mol. The molecule has 0 rings (SSSR count). The van der Waals surface area contributed by atoms with Crippen molar-refractivity contribution in [2.75, 3.05) is 40.9 Å². The second kappa shape index (κ2) is 56.5. The fraction of sp³-hybridized carbons (Fsp3) is 0.879. The first-order chi connectivity index (χ1) is 36.9. The average Bonchev–Trinajstić information content (AvgIpc) is 3.38. The number of ether oxygens (including phenoxy) is 1. The van der Waals surface area contributed by atoms with Gasteiger partial charge in [-0.1, -0.05) is 282 Å². The highest BCUT2D eigenvalue weighted by molar-refractivity contribution is 7.45. The Morgan fingerprint density at radius 1 is 0.461 bits per heavy atom. The number of esters is 1. The Balaban J connectivity index is 5.17. The minimum Gasteiger partial charge on any atom is -0.756 e. The summed E-state index contributed by atoms with van der Waals surface area (Å²) >= 11 is 0. The number of quaternary nitrogens is 1. The van der Waals surface area contributed by atoms with Crippen molar-refractivity contribution in [3.63, 3.8) is 0 Å². The minimum absolute atomic E-state index is 0.0204. The molecule has 3 unspecified atom stereocenters. The van der Waals surface area contributed by atoms with Crippen LogP contribution in [0.3, 0.4) is 0 Å². The van der Waals surface area contributed by atoms with Crippen LogP contribution in [-0.4, -0.2) is 69.4 Å². The van der Waals surface area contributed by atoms with Gasteiger partial charge in [-0.3, -0.25) is 14.2 Å². The summed E-state index contributed by atoms with van der Waals surface area (Å²) in [6, 6.07) is -0.886. The van der Waals surface area contributed by atoms with Gasteiger partial charge in [0.05, 0.1) is 33.8 Å². The van der Waals surface area contributed by atoms with Crippen molar-refractivity contribution in [1.82, 2.24) is 5.32 Å². The molecule has 0 aliphatic rings. The maximum atomic E-state index is 13.6. The average molecular weight is 1090 g/mol. The molecule has 0 spiro atoms. The van der Waals surface area contributed by atoms with Gasteiger partial charge in [0.15, 0.2) is 0 Å². The molecule has 3 atom stereocenters. The van der Waals surface area contributed by atoms with E-state index in [0.29, 0.717) is 17.4 Å². The molecule has 0 aliphatic heterocycles. The van der Waals surface area contributed by atoms with E-state index in [9.17, 15) is 19.0 Å². The van der Waals surface area contributed by atoms with Crippen molar-refractivity contribution in [3.8, 4) is 0 Å². The number of phosphoric ester groups is 1. The van der Waals surface area contributed by atoms with Crippen LogP contribution in [0.15, 0.2) is 36.5 Å². The highest BCUT2D eigenvalue weighted by Gasteiger charge is 2.27. The van der Waals surface area contributed by atoms with Crippen LogP contribution < -0.4 is 10.2 Å². The van der Waals surface area contributed by atoms with E-state index in [-0.39, 0.29) is 31.5 Å². The number of phosphoric acid groups is 1. The number of carbonyl (C=O) groups excluding carboxylic acids is 2. The summed E-state index contributed by atoms with van der Waals surface area (Å²) in [5.74, 6) is -0.530. The van der Waals surface area contributed by atoms with E-state index in [4.69, 9.17) is 13.8 Å². The van der Waals surface area contributed by atoms with Crippen LogP contribution in [0.5, 0.6) is 0 Å². The van der Waals surface area contributed by atoms with Crippen molar-refractivity contribution < 1.29 is 37.3 Å². The van der Waals surface area contributed by atoms with Crippen LogP contribution in [0.25, 0.3) is 0 Å². The van der Waals surface area contributed by atoms with Crippen LogP contribution in [0.1, 0.15) is 323 Å². The van der Waals surface area contributed by atoms with Gasteiger partial charge >= 0.3 is 5.97 Å². The molecule has 0 heterocycles. The monoisotopic (exact) mass is 1090 g/mol. The van der Waals surface area contributed by atoms with Crippen molar-refractivity contribution in [1.29, 1.82) is 0 Å². The van der Waals surface area contributed by atoms with E-state index in [2.05, 4.69) is 50.4 Å². The smallest absolute Gasteiger partial charge is 0.306 e. The van der Waals surface area contributed by atoms with Gasteiger partial charge in [0.1, 0.15) is 19.3 Å². The number of nitrogens with one attached hydrogen (secondary N) is 1. The topological polar surface area (TPSA) is 114 Å². The molecule has 1 amide bonds. The Bertz CT molecular complexity index is 1400. The van der Waals surface area contributed by atoms with Gasteiger partial charge < -0.3 is 28.5 Å². The zero-order valence-corrected chi connectivity index (χ0v) is 52.1. The van der Waals surface area contributed by atoms with E-state index in [1.807, 2.05) is 33.3 Å². The Kier molecular flexibility index (Phi) is 55.2. The van der Waals surface area contributed by atoms with E-state index in [1.165, 1.54) is 225 Å². The van der Waals surface area contributed by atoms with E-state index in [1.54, 1.807) is 0 Å². The second-order valence-electron chi connectivity index (χ2n) is 23.6. The third kappa shape index (κ3) is 56.9. The Morgan fingerprint density at radius 3 is 1.21 bits per heavy atom. The van der Waals surface area contributed by atoms with Crippen molar-refractivity contribution in [3.05, 3.63) is 36.5 Å².